The standard InChI is InChI=1S/C16H18N4O3/c1-11(20-7-6-17-10-20)16-18-15(19-23-16)9-12-4-5-13(21-2)14(8-12)22-3/h4-8,10-11H,9H2,1-3H3/t11-/m1/s1. The molecular weight excluding hydrogens is 296 g/mol. The molecule has 0 spiro atoms. The molecule has 0 bridgehead atoms. The maximum Gasteiger partial charge on any atom is 0.249 e. The van der Waals surface area contributed by atoms with Crippen molar-refractivity contribution in [3.63, 3.8) is 0 Å². The summed E-state index contributed by atoms with van der Waals surface area (Å²) in [5, 5.41) is 4.05. The molecule has 0 aliphatic heterocycles. The van der Waals surface area contributed by atoms with Crippen LogP contribution in [0.25, 0.3) is 0 Å². The summed E-state index contributed by atoms with van der Waals surface area (Å²) in [4.78, 5) is 8.49. The van der Waals surface area contributed by atoms with Crippen molar-refractivity contribution in [2.75, 3.05) is 14.2 Å². The lowest BCUT2D eigenvalue weighted by atomic mass is 10.1. The van der Waals surface area contributed by atoms with E-state index >= 15 is 0 Å². The van der Waals surface area contributed by atoms with E-state index in [9.17, 15) is 0 Å². The van der Waals surface area contributed by atoms with Crippen LogP contribution in [-0.2, 0) is 6.42 Å². The van der Waals surface area contributed by atoms with E-state index in [2.05, 4.69) is 15.1 Å². The number of benzene rings is 1. The number of hydrogen-bond acceptors (Lipinski definition) is 6. The van der Waals surface area contributed by atoms with E-state index in [-0.39, 0.29) is 6.04 Å². The summed E-state index contributed by atoms with van der Waals surface area (Å²) in [5.41, 5.74) is 1.02. The highest BCUT2D eigenvalue weighted by Gasteiger charge is 2.16. The zero-order valence-electron chi connectivity index (χ0n) is 13.3. The largest absolute Gasteiger partial charge is 0.493 e. The second-order valence-corrected chi connectivity index (χ2v) is 5.10. The Morgan fingerprint density at radius 3 is 2.74 bits per heavy atom. The van der Waals surface area contributed by atoms with Crippen molar-refractivity contribution in [3.05, 3.63) is 54.2 Å². The molecule has 2 aromatic heterocycles. The van der Waals surface area contributed by atoms with Crippen LogP contribution in [0.2, 0.25) is 0 Å². The van der Waals surface area contributed by atoms with E-state index < -0.39 is 0 Å². The quantitative estimate of drug-likeness (QED) is 0.696. The Hall–Kier alpha value is -2.83. The van der Waals surface area contributed by atoms with Crippen LogP contribution in [-0.4, -0.2) is 33.9 Å². The van der Waals surface area contributed by atoms with Crippen molar-refractivity contribution >= 4 is 0 Å². The highest BCUT2D eigenvalue weighted by Crippen LogP contribution is 2.28. The Morgan fingerprint density at radius 1 is 1.22 bits per heavy atom. The molecule has 23 heavy (non-hydrogen) atoms. The first-order chi connectivity index (χ1) is 11.2. The minimum Gasteiger partial charge on any atom is -0.493 e. The Kier molecular flexibility index (Phi) is 4.27. The van der Waals surface area contributed by atoms with Gasteiger partial charge in [0, 0.05) is 18.8 Å². The van der Waals surface area contributed by atoms with Gasteiger partial charge in [-0.05, 0) is 24.6 Å². The summed E-state index contributed by atoms with van der Waals surface area (Å²) in [5.74, 6) is 2.55. The maximum absolute atomic E-state index is 5.36. The van der Waals surface area contributed by atoms with Gasteiger partial charge in [-0.25, -0.2) is 4.98 Å². The molecule has 0 aliphatic rings. The third kappa shape index (κ3) is 3.18. The second-order valence-electron chi connectivity index (χ2n) is 5.10. The van der Waals surface area contributed by atoms with Crippen molar-refractivity contribution < 1.29 is 14.0 Å². The van der Waals surface area contributed by atoms with Gasteiger partial charge in [0.15, 0.2) is 17.3 Å². The monoisotopic (exact) mass is 314 g/mol. The van der Waals surface area contributed by atoms with E-state index in [0.29, 0.717) is 29.6 Å². The Labute approximate surface area is 133 Å². The molecular formula is C16H18N4O3. The van der Waals surface area contributed by atoms with Crippen LogP contribution in [0.1, 0.15) is 30.2 Å². The lowest BCUT2D eigenvalue weighted by Crippen LogP contribution is -2.04. The normalized spacial score (nSPS) is 12.1. The van der Waals surface area contributed by atoms with Gasteiger partial charge in [0.05, 0.1) is 20.5 Å². The maximum atomic E-state index is 5.36. The lowest BCUT2D eigenvalue weighted by molar-refractivity contribution is 0.342. The minimum absolute atomic E-state index is 0.0517. The summed E-state index contributed by atoms with van der Waals surface area (Å²) >= 11 is 0. The van der Waals surface area contributed by atoms with E-state index in [0.717, 1.165) is 5.56 Å². The molecule has 0 saturated heterocycles. The molecule has 2 heterocycles. The van der Waals surface area contributed by atoms with E-state index in [1.165, 1.54) is 0 Å². The molecule has 120 valence electrons. The van der Waals surface area contributed by atoms with Gasteiger partial charge in [-0.3, -0.25) is 0 Å². The highest BCUT2D eigenvalue weighted by molar-refractivity contribution is 5.43. The molecule has 1 atom stereocenters. The average molecular weight is 314 g/mol. The first-order valence-electron chi connectivity index (χ1n) is 7.22. The molecule has 1 aromatic carbocycles. The third-order valence-electron chi connectivity index (χ3n) is 3.62. The fourth-order valence-corrected chi connectivity index (χ4v) is 2.31. The number of imidazole rings is 1. The summed E-state index contributed by atoms with van der Waals surface area (Å²) in [6.07, 6.45) is 5.86. The van der Waals surface area contributed by atoms with Gasteiger partial charge in [-0.2, -0.15) is 4.98 Å². The number of methoxy groups -OCH3 is 2. The molecule has 7 heteroatoms. The smallest absolute Gasteiger partial charge is 0.249 e. The lowest BCUT2D eigenvalue weighted by Gasteiger charge is -2.08. The number of ether oxygens (including phenoxy) is 2. The van der Waals surface area contributed by atoms with E-state index in [4.69, 9.17) is 14.0 Å². The van der Waals surface area contributed by atoms with Crippen molar-refractivity contribution in [2.45, 2.75) is 19.4 Å². The first kappa shape index (κ1) is 15.1. The van der Waals surface area contributed by atoms with Gasteiger partial charge in [-0.1, -0.05) is 11.2 Å². The van der Waals surface area contributed by atoms with Gasteiger partial charge >= 0.3 is 0 Å². The Morgan fingerprint density at radius 2 is 2.04 bits per heavy atom. The zero-order valence-corrected chi connectivity index (χ0v) is 13.3. The fourth-order valence-electron chi connectivity index (χ4n) is 2.31. The summed E-state index contributed by atoms with van der Waals surface area (Å²) in [7, 11) is 3.22. The number of rotatable bonds is 6. The van der Waals surface area contributed by atoms with Crippen molar-refractivity contribution in [3.8, 4) is 11.5 Å². The predicted molar refractivity (Wildman–Crippen MR) is 82.7 cm³/mol. The highest BCUT2D eigenvalue weighted by atomic mass is 16.5. The number of aromatic nitrogens is 4. The molecule has 0 N–H and O–H groups in total. The van der Waals surface area contributed by atoms with Gasteiger partial charge < -0.3 is 18.6 Å². The molecule has 3 rings (SSSR count). The van der Waals surface area contributed by atoms with Gasteiger partial charge in [0.1, 0.15) is 6.04 Å². The fraction of sp³-hybridized carbons (Fsp3) is 0.312. The molecule has 3 aromatic rings. The van der Waals surface area contributed by atoms with Crippen LogP contribution in [0.3, 0.4) is 0 Å². The Balaban J connectivity index is 1.76. The van der Waals surface area contributed by atoms with Crippen molar-refractivity contribution in [2.24, 2.45) is 0 Å². The van der Waals surface area contributed by atoms with E-state index in [1.54, 1.807) is 26.7 Å². The van der Waals surface area contributed by atoms with Crippen LogP contribution in [0.5, 0.6) is 11.5 Å². The van der Waals surface area contributed by atoms with Crippen molar-refractivity contribution in [1.29, 1.82) is 0 Å². The van der Waals surface area contributed by atoms with Gasteiger partial charge in [0.25, 0.3) is 0 Å². The second kappa shape index (κ2) is 6.51. The predicted octanol–water partition coefficient (Wildman–Crippen LogP) is 2.48. The molecule has 0 saturated carbocycles. The van der Waals surface area contributed by atoms with E-state index in [1.807, 2.05) is 35.9 Å². The SMILES string of the molecule is COc1ccc(Cc2noc([C@@H](C)n3ccnc3)n2)cc1OC. The zero-order chi connectivity index (χ0) is 16.2. The van der Waals surface area contributed by atoms with Crippen LogP contribution in [0, 0.1) is 0 Å². The molecule has 0 radical (unpaired) electrons. The third-order valence-corrected chi connectivity index (χ3v) is 3.62. The summed E-state index contributed by atoms with van der Waals surface area (Å²) in [6, 6.07) is 5.68. The molecule has 0 unspecified atom stereocenters. The number of hydrogen-bond donors (Lipinski definition) is 0. The average Bonchev–Trinajstić information content (AvgIpc) is 3.26. The van der Waals surface area contributed by atoms with Gasteiger partial charge in [-0.15, -0.1) is 0 Å². The first-order valence-corrected chi connectivity index (χ1v) is 7.22. The summed E-state index contributed by atoms with van der Waals surface area (Å²) in [6.45, 7) is 1.98. The van der Waals surface area contributed by atoms with Crippen LogP contribution in [0.4, 0.5) is 0 Å². The van der Waals surface area contributed by atoms with Crippen LogP contribution >= 0.6 is 0 Å². The molecule has 0 aliphatic carbocycles. The van der Waals surface area contributed by atoms with Crippen LogP contribution < -0.4 is 9.47 Å². The minimum atomic E-state index is -0.0517. The summed E-state index contributed by atoms with van der Waals surface area (Å²) < 4.78 is 17.8. The Bertz CT molecular complexity index is 767. The van der Waals surface area contributed by atoms with Crippen molar-refractivity contribution in [1.82, 2.24) is 19.7 Å². The molecule has 7 nitrogen and oxygen atoms in total. The van der Waals surface area contributed by atoms with Gasteiger partial charge in [0.2, 0.25) is 5.89 Å². The number of nitrogens with zero attached hydrogens (tertiary/aromatic N) is 4. The molecule has 0 amide bonds. The molecule has 0 fully saturated rings. The van der Waals surface area contributed by atoms with Crippen LogP contribution in [0.15, 0.2) is 41.4 Å². The topological polar surface area (TPSA) is 75.2 Å².